The van der Waals surface area contributed by atoms with Crippen LogP contribution in [0.4, 0.5) is 0 Å². The highest BCUT2D eigenvalue weighted by Gasteiger charge is 2.33. The molecule has 0 amide bonds. The molecule has 20 heavy (non-hydrogen) atoms. The van der Waals surface area contributed by atoms with Crippen molar-refractivity contribution in [2.45, 2.75) is 32.2 Å². The number of nitrogens with two attached hydrogens (primary N) is 1. The van der Waals surface area contributed by atoms with Crippen LogP contribution in [0.3, 0.4) is 0 Å². The molecule has 0 saturated carbocycles. The Morgan fingerprint density at radius 2 is 1.95 bits per heavy atom. The topological polar surface area (TPSA) is 63.4 Å². The monoisotopic (exact) mass is 296 g/mol. The van der Waals surface area contributed by atoms with Crippen LogP contribution >= 0.6 is 0 Å². The average molecular weight is 296 g/mol. The molecule has 0 spiro atoms. The van der Waals surface area contributed by atoms with Gasteiger partial charge in [-0.25, -0.2) is 12.7 Å². The smallest absolute Gasteiger partial charge is 0.214 e. The van der Waals surface area contributed by atoms with Crippen LogP contribution in [-0.2, 0) is 10.0 Å². The van der Waals surface area contributed by atoms with Crippen molar-refractivity contribution in [2.24, 2.45) is 11.7 Å². The van der Waals surface area contributed by atoms with Crippen molar-refractivity contribution in [3.63, 3.8) is 0 Å². The van der Waals surface area contributed by atoms with Crippen LogP contribution in [0.5, 0.6) is 0 Å². The second kappa shape index (κ2) is 6.24. The van der Waals surface area contributed by atoms with Crippen LogP contribution < -0.4 is 5.73 Å². The van der Waals surface area contributed by atoms with Gasteiger partial charge in [-0.3, -0.25) is 0 Å². The van der Waals surface area contributed by atoms with E-state index in [1.807, 2.05) is 44.2 Å². The Morgan fingerprint density at radius 3 is 2.50 bits per heavy atom. The lowest BCUT2D eigenvalue weighted by Gasteiger charge is -2.20. The molecule has 5 heteroatoms. The Hall–Kier alpha value is -0.910. The van der Waals surface area contributed by atoms with Crippen LogP contribution in [0.2, 0.25) is 0 Å². The predicted molar refractivity (Wildman–Crippen MR) is 82.0 cm³/mol. The Morgan fingerprint density at radius 1 is 1.30 bits per heavy atom. The number of hydrogen-bond donors (Lipinski definition) is 1. The zero-order valence-corrected chi connectivity index (χ0v) is 13.0. The first-order chi connectivity index (χ1) is 9.40. The van der Waals surface area contributed by atoms with Gasteiger partial charge < -0.3 is 5.73 Å². The van der Waals surface area contributed by atoms with Gasteiger partial charge in [0.15, 0.2) is 0 Å². The maximum atomic E-state index is 12.5. The molecule has 1 heterocycles. The molecule has 0 aromatic heterocycles. The van der Waals surface area contributed by atoms with Gasteiger partial charge >= 0.3 is 0 Å². The maximum absolute atomic E-state index is 12.5. The molecule has 1 aliphatic heterocycles. The summed E-state index contributed by atoms with van der Waals surface area (Å²) in [5.74, 6) is 0.468. The van der Waals surface area contributed by atoms with E-state index in [0.717, 1.165) is 12.0 Å². The van der Waals surface area contributed by atoms with E-state index in [4.69, 9.17) is 5.73 Å². The van der Waals surface area contributed by atoms with Gasteiger partial charge in [-0.1, -0.05) is 37.3 Å². The number of rotatable bonds is 5. The van der Waals surface area contributed by atoms with E-state index in [1.165, 1.54) is 0 Å². The fraction of sp³-hybridized carbons (Fsp3) is 0.600. The van der Waals surface area contributed by atoms with Gasteiger partial charge in [-0.2, -0.15) is 0 Å². The molecule has 2 N–H and O–H groups in total. The molecule has 4 nitrogen and oxygen atoms in total. The molecule has 2 rings (SSSR count). The van der Waals surface area contributed by atoms with Gasteiger partial charge in [0.1, 0.15) is 0 Å². The fourth-order valence-electron chi connectivity index (χ4n) is 2.73. The molecule has 3 unspecified atom stereocenters. The van der Waals surface area contributed by atoms with E-state index in [-0.39, 0.29) is 23.6 Å². The number of nitrogens with zero attached hydrogens (tertiary/aromatic N) is 1. The van der Waals surface area contributed by atoms with E-state index >= 15 is 0 Å². The molecule has 1 aliphatic rings. The highest BCUT2D eigenvalue weighted by Crippen LogP contribution is 2.25. The van der Waals surface area contributed by atoms with Crippen LogP contribution in [0.25, 0.3) is 0 Å². The molecular formula is C15H24N2O2S. The number of benzene rings is 1. The van der Waals surface area contributed by atoms with E-state index in [2.05, 4.69) is 0 Å². The van der Waals surface area contributed by atoms with Crippen LogP contribution in [0, 0.1) is 5.92 Å². The summed E-state index contributed by atoms with van der Waals surface area (Å²) in [6.45, 7) is 5.09. The molecule has 112 valence electrons. The molecule has 3 atom stereocenters. The van der Waals surface area contributed by atoms with Gasteiger partial charge in [-0.05, 0) is 30.7 Å². The molecule has 0 bridgehead atoms. The Labute approximate surface area is 122 Å². The van der Waals surface area contributed by atoms with E-state index in [0.29, 0.717) is 13.1 Å². The number of hydrogen-bond acceptors (Lipinski definition) is 3. The lowest BCUT2D eigenvalue weighted by Crippen LogP contribution is -2.35. The summed E-state index contributed by atoms with van der Waals surface area (Å²) in [5.41, 5.74) is 6.94. The van der Waals surface area contributed by atoms with Crippen molar-refractivity contribution in [1.82, 2.24) is 4.31 Å². The third kappa shape index (κ3) is 3.59. The molecule has 1 fully saturated rings. The summed E-state index contributed by atoms with van der Waals surface area (Å²) >= 11 is 0. The van der Waals surface area contributed by atoms with Crippen molar-refractivity contribution >= 4 is 10.0 Å². The second-order valence-corrected chi connectivity index (χ2v) is 7.87. The lowest BCUT2D eigenvalue weighted by atomic mass is 10.0. The highest BCUT2D eigenvalue weighted by atomic mass is 32.2. The van der Waals surface area contributed by atoms with Crippen LogP contribution in [0.15, 0.2) is 30.3 Å². The van der Waals surface area contributed by atoms with Gasteiger partial charge in [-0.15, -0.1) is 0 Å². The van der Waals surface area contributed by atoms with Crippen molar-refractivity contribution in [1.29, 1.82) is 0 Å². The van der Waals surface area contributed by atoms with Crippen molar-refractivity contribution < 1.29 is 8.42 Å². The van der Waals surface area contributed by atoms with Crippen LogP contribution in [0.1, 0.15) is 31.7 Å². The third-order valence-corrected chi connectivity index (χ3v) is 6.19. The van der Waals surface area contributed by atoms with Crippen LogP contribution in [-0.4, -0.2) is 37.6 Å². The molecule has 0 radical (unpaired) electrons. The molecule has 1 aromatic carbocycles. The zero-order valence-electron chi connectivity index (χ0n) is 12.2. The first-order valence-corrected chi connectivity index (χ1v) is 8.79. The van der Waals surface area contributed by atoms with E-state index in [1.54, 1.807) is 4.31 Å². The minimum Gasteiger partial charge on any atom is -0.328 e. The summed E-state index contributed by atoms with van der Waals surface area (Å²) in [6.07, 6.45) is 0.872. The third-order valence-electron chi connectivity index (χ3n) is 4.15. The first-order valence-electron chi connectivity index (χ1n) is 7.18. The lowest BCUT2D eigenvalue weighted by molar-refractivity contribution is 0.427. The summed E-state index contributed by atoms with van der Waals surface area (Å²) in [7, 11) is -3.20. The molecule has 0 aliphatic carbocycles. The summed E-state index contributed by atoms with van der Waals surface area (Å²) in [6, 6.07) is 9.85. The summed E-state index contributed by atoms with van der Waals surface area (Å²) < 4.78 is 26.6. The second-order valence-electron chi connectivity index (χ2n) is 5.86. The van der Waals surface area contributed by atoms with Gasteiger partial charge in [0, 0.05) is 19.1 Å². The molecule has 1 aromatic rings. The van der Waals surface area contributed by atoms with Gasteiger partial charge in [0.25, 0.3) is 0 Å². The summed E-state index contributed by atoms with van der Waals surface area (Å²) in [5, 5.41) is 0. The highest BCUT2D eigenvalue weighted by molar-refractivity contribution is 7.89. The quantitative estimate of drug-likeness (QED) is 0.901. The predicted octanol–water partition coefficient (Wildman–Crippen LogP) is 1.79. The van der Waals surface area contributed by atoms with Gasteiger partial charge in [0.05, 0.1) is 5.75 Å². The number of sulfonamides is 1. The normalized spacial score (nSPS) is 23.6. The van der Waals surface area contributed by atoms with E-state index < -0.39 is 10.0 Å². The Balaban J connectivity index is 2.02. The Kier molecular flexibility index (Phi) is 4.83. The zero-order chi connectivity index (χ0) is 14.8. The first kappa shape index (κ1) is 15.5. The average Bonchev–Trinajstić information content (AvgIpc) is 2.90. The minimum atomic E-state index is -3.20. The Bertz CT molecular complexity index is 528. The van der Waals surface area contributed by atoms with Gasteiger partial charge in [0.2, 0.25) is 10.0 Å². The minimum absolute atomic E-state index is 0.00977. The van der Waals surface area contributed by atoms with Crippen molar-refractivity contribution in [3.8, 4) is 0 Å². The van der Waals surface area contributed by atoms with Crippen molar-refractivity contribution in [2.75, 3.05) is 18.8 Å². The fourth-order valence-corrected chi connectivity index (χ4v) is 4.57. The maximum Gasteiger partial charge on any atom is 0.214 e. The largest absolute Gasteiger partial charge is 0.328 e. The SMILES string of the molecule is CC(CS(=O)(=O)N1CCC(C(C)N)C1)c1ccccc1. The van der Waals surface area contributed by atoms with Crippen molar-refractivity contribution in [3.05, 3.63) is 35.9 Å². The molecular weight excluding hydrogens is 272 g/mol. The molecule has 1 saturated heterocycles. The standard InChI is InChI=1S/C15H24N2O2S/c1-12(14-6-4-3-5-7-14)11-20(18,19)17-9-8-15(10-17)13(2)16/h3-7,12-13,15H,8-11,16H2,1-2H3. The summed E-state index contributed by atoms with van der Waals surface area (Å²) in [4.78, 5) is 0. The van der Waals surface area contributed by atoms with E-state index in [9.17, 15) is 8.42 Å².